The Labute approximate surface area is 84.3 Å². The molecule has 0 aromatic heterocycles. The van der Waals surface area contributed by atoms with Crippen LogP contribution in [0.4, 0.5) is 0 Å². The number of unbranched alkanes of at least 4 members (excludes halogenated alkanes) is 1. The third kappa shape index (κ3) is 8.25. The highest BCUT2D eigenvalue weighted by Gasteiger charge is 2.20. The van der Waals surface area contributed by atoms with Gasteiger partial charge in [0.15, 0.2) is 8.32 Å². The van der Waals surface area contributed by atoms with Crippen LogP contribution in [-0.2, 0) is 4.43 Å². The Morgan fingerprint density at radius 1 is 1.15 bits per heavy atom. The van der Waals surface area contributed by atoms with Crippen LogP contribution in [0.2, 0.25) is 19.1 Å². The average Bonchev–Trinajstić information content (AvgIpc) is 2.04. The third-order valence-electron chi connectivity index (χ3n) is 2.09. The van der Waals surface area contributed by atoms with E-state index < -0.39 is 8.32 Å². The Morgan fingerprint density at radius 3 is 2.38 bits per heavy atom. The standard InChI is InChI=1S/C11H24OSi/c1-5-7-8-9-10-11-13(3,4)12-6-2/h7-8H,5-6,9-11H2,1-4H3. The van der Waals surface area contributed by atoms with Gasteiger partial charge in [0.1, 0.15) is 0 Å². The molecule has 1 nitrogen and oxygen atoms in total. The summed E-state index contributed by atoms with van der Waals surface area (Å²) >= 11 is 0. The molecule has 2 heteroatoms. The van der Waals surface area contributed by atoms with Gasteiger partial charge in [0, 0.05) is 6.61 Å². The van der Waals surface area contributed by atoms with E-state index in [1.54, 1.807) is 0 Å². The van der Waals surface area contributed by atoms with E-state index >= 15 is 0 Å². The summed E-state index contributed by atoms with van der Waals surface area (Å²) in [6.45, 7) is 9.76. The molecule has 0 aliphatic carbocycles. The molecule has 0 aliphatic rings. The molecule has 0 N–H and O–H groups in total. The van der Waals surface area contributed by atoms with Crippen molar-refractivity contribution in [3.63, 3.8) is 0 Å². The van der Waals surface area contributed by atoms with E-state index in [1.165, 1.54) is 18.9 Å². The van der Waals surface area contributed by atoms with E-state index in [2.05, 4.69) is 39.1 Å². The van der Waals surface area contributed by atoms with Crippen LogP contribution in [0.3, 0.4) is 0 Å². The van der Waals surface area contributed by atoms with E-state index in [1.807, 2.05) is 0 Å². The van der Waals surface area contributed by atoms with Crippen molar-refractivity contribution >= 4 is 8.32 Å². The minimum atomic E-state index is -1.30. The maximum atomic E-state index is 5.75. The maximum Gasteiger partial charge on any atom is 0.186 e. The first-order chi connectivity index (χ1) is 6.12. The fraction of sp³-hybridized carbons (Fsp3) is 0.818. The molecule has 0 amide bonds. The predicted molar refractivity (Wildman–Crippen MR) is 62.6 cm³/mol. The molecule has 0 aromatic carbocycles. The molecule has 0 radical (unpaired) electrons. The zero-order valence-corrected chi connectivity index (χ0v) is 10.6. The van der Waals surface area contributed by atoms with Gasteiger partial charge in [-0.05, 0) is 38.9 Å². The summed E-state index contributed by atoms with van der Waals surface area (Å²) in [5.74, 6) is 0. The van der Waals surface area contributed by atoms with Crippen molar-refractivity contribution in [3.05, 3.63) is 12.2 Å². The highest BCUT2D eigenvalue weighted by atomic mass is 28.4. The van der Waals surface area contributed by atoms with Crippen molar-refractivity contribution < 1.29 is 4.43 Å². The first-order valence-corrected chi connectivity index (χ1v) is 8.53. The van der Waals surface area contributed by atoms with E-state index in [0.29, 0.717) is 0 Å². The van der Waals surface area contributed by atoms with Crippen LogP contribution in [0.5, 0.6) is 0 Å². The van der Waals surface area contributed by atoms with Gasteiger partial charge in [-0.15, -0.1) is 0 Å². The number of hydrogen-bond donors (Lipinski definition) is 0. The lowest BCUT2D eigenvalue weighted by atomic mass is 10.3. The molecule has 13 heavy (non-hydrogen) atoms. The Kier molecular flexibility index (Phi) is 7.29. The van der Waals surface area contributed by atoms with Crippen molar-refractivity contribution in [2.75, 3.05) is 6.61 Å². The van der Waals surface area contributed by atoms with Crippen LogP contribution >= 0.6 is 0 Å². The Hall–Kier alpha value is -0.0831. The summed E-state index contributed by atoms with van der Waals surface area (Å²) in [7, 11) is -1.30. The molecular weight excluding hydrogens is 176 g/mol. The van der Waals surface area contributed by atoms with Crippen LogP contribution < -0.4 is 0 Å². The fourth-order valence-electron chi connectivity index (χ4n) is 1.39. The van der Waals surface area contributed by atoms with E-state index in [4.69, 9.17) is 4.43 Å². The minimum absolute atomic E-state index is 0.879. The molecule has 0 rings (SSSR count). The maximum absolute atomic E-state index is 5.75. The lowest BCUT2D eigenvalue weighted by Gasteiger charge is -2.21. The van der Waals surface area contributed by atoms with E-state index in [-0.39, 0.29) is 0 Å². The van der Waals surface area contributed by atoms with Crippen LogP contribution in [0.25, 0.3) is 0 Å². The van der Waals surface area contributed by atoms with Crippen molar-refractivity contribution in [1.29, 1.82) is 0 Å². The third-order valence-corrected chi connectivity index (χ3v) is 4.71. The summed E-state index contributed by atoms with van der Waals surface area (Å²) in [6, 6.07) is 1.29. The molecule has 78 valence electrons. The number of rotatable bonds is 7. The highest BCUT2D eigenvalue weighted by Crippen LogP contribution is 2.15. The zero-order valence-electron chi connectivity index (χ0n) is 9.60. The lowest BCUT2D eigenvalue weighted by Crippen LogP contribution is -2.29. The summed E-state index contributed by atoms with van der Waals surface area (Å²) in [6.07, 6.45) is 8.20. The van der Waals surface area contributed by atoms with Gasteiger partial charge >= 0.3 is 0 Å². The Balaban J connectivity index is 3.45. The summed E-state index contributed by atoms with van der Waals surface area (Å²) < 4.78 is 5.75. The number of hydrogen-bond acceptors (Lipinski definition) is 1. The molecule has 0 atom stereocenters. The molecule has 0 bridgehead atoms. The molecule has 0 heterocycles. The van der Waals surface area contributed by atoms with E-state index in [0.717, 1.165) is 13.0 Å². The van der Waals surface area contributed by atoms with Crippen molar-refractivity contribution in [2.45, 2.75) is 52.2 Å². The normalized spacial score (nSPS) is 12.6. The predicted octanol–water partition coefficient (Wildman–Crippen LogP) is 3.97. The lowest BCUT2D eigenvalue weighted by molar-refractivity contribution is 0.328. The van der Waals surface area contributed by atoms with E-state index in [9.17, 15) is 0 Å². The smallest absolute Gasteiger partial charge is 0.186 e. The monoisotopic (exact) mass is 200 g/mol. The fourth-order valence-corrected chi connectivity index (χ4v) is 3.37. The molecule has 0 aromatic rings. The molecule has 0 saturated carbocycles. The molecular formula is C11H24OSi. The quantitative estimate of drug-likeness (QED) is 0.343. The second kappa shape index (κ2) is 7.33. The van der Waals surface area contributed by atoms with Gasteiger partial charge in [-0.3, -0.25) is 0 Å². The highest BCUT2D eigenvalue weighted by molar-refractivity contribution is 6.71. The summed E-state index contributed by atoms with van der Waals surface area (Å²) in [5.41, 5.74) is 0. The van der Waals surface area contributed by atoms with Crippen LogP contribution in [-0.4, -0.2) is 14.9 Å². The average molecular weight is 200 g/mol. The van der Waals surface area contributed by atoms with Gasteiger partial charge in [-0.1, -0.05) is 25.5 Å². The van der Waals surface area contributed by atoms with Gasteiger partial charge in [0.25, 0.3) is 0 Å². The van der Waals surface area contributed by atoms with Gasteiger partial charge in [-0.2, -0.15) is 0 Å². The SMILES string of the molecule is CCC=CCCC[Si](C)(C)OCC. The molecule has 0 saturated heterocycles. The zero-order chi connectivity index (χ0) is 10.2. The molecule has 0 aliphatic heterocycles. The second-order valence-electron chi connectivity index (χ2n) is 3.96. The largest absolute Gasteiger partial charge is 0.418 e. The Bertz CT molecular complexity index is 141. The van der Waals surface area contributed by atoms with Crippen LogP contribution in [0, 0.1) is 0 Å². The molecule has 0 spiro atoms. The molecule has 0 unspecified atom stereocenters. The van der Waals surface area contributed by atoms with Crippen molar-refractivity contribution in [1.82, 2.24) is 0 Å². The summed E-state index contributed by atoms with van der Waals surface area (Å²) in [4.78, 5) is 0. The van der Waals surface area contributed by atoms with Gasteiger partial charge < -0.3 is 4.43 Å². The topological polar surface area (TPSA) is 9.23 Å². The van der Waals surface area contributed by atoms with Crippen molar-refractivity contribution in [2.24, 2.45) is 0 Å². The number of allylic oxidation sites excluding steroid dienone is 2. The van der Waals surface area contributed by atoms with Gasteiger partial charge in [0.05, 0.1) is 0 Å². The minimum Gasteiger partial charge on any atom is -0.418 e. The van der Waals surface area contributed by atoms with Crippen LogP contribution in [0.15, 0.2) is 12.2 Å². The first-order valence-electron chi connectivity index (χ1n) is 5.41. The Morgan fingerprint density at radius 2 is 1.85 bits per heavy atom. The van der Waals surface area contributed by atoms with Crippen LogP contribution in [0.1, 0.15) is 33.1 Å². The van der Waals surface area contributed by atoms with Crippen molar-refractivity contribution in [3.8, 4) is 0 Å². The second-order valence-corrected chi connectivity index (χ2v) is 8.27. The summed E-state index contributed by atoms with van der Waals surface area (Å²) in [5, 5.41) is 0. The van der Waals surface area contributed by atoms with Gasteiger partial charge in [0.2, 0.25) is 0 Å². The van der Waals surface area contributed by atoms with Gasteiger partial charge in [-0.25, -0.2) is 0 Å². The first kappa shape index (κ1) is 12.9. The molecule has 0 fully saturated rings.